The SMILES string of the molecule is CCCN(OCC)C(=O)C1=Cc2ccc(S(=O)(=O)NCCOCCOCCOCCOCCOCCOCCOCCOCCOCCOCCN)cc2N=C(N)C1. The lowest BCUT2D eigenvalue weighted by Gasteiger charge is -2.21. The molecule has 0 saturated heterocycles. The Morgan fingerprint density at radius 1 is 0.690 bits per heavy atom. The van der Waals surface area contributed by atoms with Gasteiger partial charge < -0.3 is 58.8 Å². The Morgan fingerprint density at radius 3 is 1.53 bits per heavy atom. The quantitative estimate of drug-likeness (QED) is 0.0621. The van der Waals surface area contributed by atoms with E-state index in [-0.39, 0.29) is 36.2 Å². The van der Waals surface area contributed by atoms with Crippen molar-refractivity contribution in [1.82, 2.24) is 9.79 Å². The van der Waals surface area contributed by atoms with E-state index in [1.54, 1.807) is 19.1 Å². The van der Waals surface area contributed by atoms with E-state index in [0.717, 1.165) is 6.42 Å². The molecule has 0 aliphatic carbocycles. The number of ether oxygens (including phenoxy) is 10. The average molecular weight is 850 g/mol. The summed E-state index contributed by atoms with van der Waals surface area (Å²) in [6.45, 7) is 14.0. The Bertz CT molecular complexity index is 1380. The van der Waals surface area contributed by atoms with E-state index in [4.69, 9.17) is 63.7 Å². The summed E-state index contributed by atoms with van der Waals surface area (Å²) in [7, 11) is -3.85. The normalized spacial score (nSPS) is 12.9. The largest absolute Gasteiger partial charge is 0.387 e. The lowest BCUT2D eigenvalue weighted by atomic mass is 10.1. The van der Waals surface area contributed by atoms with Gasteiger partial charge in [-0.15, -0.1) is 0 Å². The van der Waals surface area contributed by atoms with Crippen molar-refractivity contribution in [2.75, 3.05) is 158 Å². The van der Waals surface area contributed by atoms with Crippen molar-refractivity contribution in [1.29, 1.82) is 0 Å². The number of hydrogen-bond acceptors (Lipinski definition) is 17. The van der Waals surface area contributed by atoms with Gasteiger partial charge in [0.05, 0.1) is 149 Å². The van der Waals surface area contributed by atoms with Gasteiger partial charge in [0.1, 0.15) is 5.84 Å². The summed E-state index contributed by atoms with van der Waals surface area (Å²) in [6, 6.07) is 4.50. The Morgan fingerprint density at radius 2 is 1.12 bits per heavy atom. The first-order valence-electron chi connectivity index (χ1n) is 19.9. The molecule has 1 aliphatic heterocycles. The van der Waals surface area contributed by atoms with Gasteiger partial charge in [0.25, 0.3) is 5.91 Å². The van der Waals surface area contributed by atoms with Crippen molar-refractivity contribution in [3.05, 3.63) is 29.3 Å². The number of benzene rings is 1. The number of nitrogens with zero attached hydrogens (tertiary/aromatic N) is 2. The van der Waals surface area contributed by atoms with Crippen molar-refractivity contribution in [2.24, 2.45) is 16.5 Å². The first-order chi connectivity index (χ1) is 28.3. The molecular weight excluding hydrogens is 783 g/mol. The molecule has 0 bridgehead atoms. The molecule has 0 saturated carbocycles. The molecule has 1 heterocycles. The van der Waals surface area contributed by atoms with Gasteiger partial charge in [0.15, 0.2) is 0 Å². The number of hydroxylamine groups is 2. The number of carbonyl (C=O) groups excluding carboxylic acids is 1. The zero-order chi connectivity index (χ0) is 41.9. The summed E-state index contributed by atoms with van der Waals surface area (Å²) in [5.41, 5.74) is 12.8. The average Bonchev–Trinajstić information content (AvgIpc) is 3.38. The predicted octanol–water partition coefficient (Wildman–Crippen LogP) is 1.06. The monoisotopic (exact) mass is 849 g/mol. The van der Waals surface area contributed by atoms with Crippen molar-refractivity contribution >= 4 is 33.5 Å². The van der Waals surface area contributed by atoms with Crippen LogP contribution in [0.3, 0.4) is 0 Å². The summed E-state index contributed by atoms with van der Waals surface area (Å²) in [5, 5.41) is 1.32. The molecule has 58 heavy (non-hydrogen) atoms. The van der Waals surface area contributed by atoms with Crippen LogP contribution in [-0.2, 0) is 67.0 Å². The minimum absolute atomic E-state index is 0.0213. The minimum Gasteiger partial charge on any atom is -0.387 e. The number of fused-ring (bicyclic) bond motifs is 1. The van der Waals surface area contributed by atoms with Crippen molar-refractivity contribution in [3.63, 3.8) is 0 Å². The Kier molecular flexibility index (Phi) is 30.2. The van der Waals surface area contributed by atoms with Gasteiger partial charge in [0.2, 0.25) is 10.0 Å². The number of amides is 1. The fourth-order valence-corrected chi connectivity index (χ4v) is 5.95. The Labute approximate surface area is 343 Å². The van der Waals surface area contributed by atoms with E-state index in [1.165, 1.54) is 17.2 Å². The standard InChI is InChI=1S/C38H67N5O14S/c1-3-9-43(57-4-2)38(44)34-30-33-5-6-35(32-36(33)42-37(40)31-34)58(45,46)41-8-11-48-13-15-50-17-19-52-21-23-54-25-27-56-29-28-55-26-24-53-22-20-51-18-16-49-14-12-47-10-7-39/h5-6,30,32,41H,3-4,7-29,31,39H2,1-2H3,(H2,40,42). The molecule has 1 aromatic carbocycles. The predicted molar refractivity (Wildman–Crippen MR) is 216 cm³/mol. The molecule has 5 N–H and O–H groups in total. The van der Waals surface area contributed by atoms with Crippen molar-refractivity contribution in [2.45, 2.75) is 31.6 Å². The van der Waals surface area contributed by atoms with Crippen LogP contribution in [0.5, 0.6) is 0 Å². The molecule has 0 aromatic heterocycles. The molecule has 0 atom stereocenters. The molecule has 334 valence electrons. The first-order valence-corrected chi connectivity index (χ1v) is 21.4. The molecule has 19 nitrogen and oxygen atoms in total. The maximum Gasteiger partial charge on any atom is 0.273 e. The van der Waals surface area contributed by atoms with Crippen LogP contribution in [0.15, 0.2) is 33.7 Å². The highest BCUT2D eigenvalue weighted by Crippen LogP contribution is 2.29. The molecule has 1 aliphatic rings. The van der Waals surface area contributed by atoms with Gasteiger partial charge in [-0.3, -0.25) is 9.63 Å². The summed E-state index contributed by atoms with van der Waals surface area (Å²) in [6.07, 6.45) is 2.51. The number of amidine groups is 1. The summed E-state index contributed by atoms with van der Waals surface area (Å²) < 4.78 is 82.8. The van der Waals surface area contributed by atoms with E-state index >= 15 is 0 Å². The number of nitrogens with two attached hydrogens (primary N) is 2. The number of hydrogen-bond donors (Lipinski definition) is 3. The molecular formula is C38H67N5O14S. The minimum atomic E-state index is -3.85. The molecule has 0 spiro atoms. The van der Waals surface area contributed by atoms with Crippen LogP contribution in [0.25, 0.3) is 6.08 Å². The van der Waals surface area contributed by atoms with Crippen molar-refractivity contribution in [3.8, 4) is 0 Å². The number of sulfonamides is 1. The molecule has 2 rings (SSSR count). The summed E-state index contributed by atoms with van der Waals surface area (Å²) in [4.78, 5) is 23.0. The van der Waals surface area contributed by atoms with Crippen LogP contribution < -0.4 is 16.2 Å². The van der Waals surface area contributed by atoms with Gasteiger partial charge in [-0.25, -0.2) is 23.2 Å². The number of rotatable bonds is 39. The number of aliphatic imine (C=N–C) groups is 1. The van der Waals surface area contributed by atoms with Crippen LogP contribution >= 0.6 is 0 Å². The highest BCUT2D eigenvalue weighted by Gasteiger charge is 2.23. The van der Waals surface area contributed by atoms with E-state index in [9.17, 15) is 13.2 Å². The second kappa shape index (κ2) is 34.1. The Hall–Kier alpha value is -2.67. The highest BCUT2D eigenvalue weighted by molar-refractivity contribution is 7.89. The van der Waals surface area contributed by atoms with Crippen molar-refractivity contribution < 1.29 is 65.4 Å². The van der Waals surface area contributed by atoms with E-state index in [2.05, 4.69) is 9.71 Å². The lowest BCUT2D eigenvalue weighted by Crippen LogP contribution is -2.34. The first kappa shape index (κ1) is 51.5. The molecule has 1 amide bonds. The van der Waals surface area contributed by atoms with Crippen LogP contribution in [0.4, 0.5) is 5.69 Å². The third kappa shape index (κ3) is 24.4. The second-order valence-corrected chi connectivity index (χ2v) is 14.1. The smallest absolute Gasteiger partial charge is 0.273 e. The maximum atomic E-state index is 13.1. The fraction of sp³-hybridized carbons (Fsp3) is 0.737. The third-order valence-electron chi connectivity index (χ3n) is 7.64. The lowest BCUT2D eigenvalue weighted by molar-refractivity contribution is -0.180. The zero-order valence-corrected chi connectivity index (χ0v) is 35.2. The van der Waals surface area contributed by atoms with Crippen LogP contribution in [0.2, 0.25) is 0 Å². The summed E-state index contributed by atoms with van der Waals surface area (Å²) >= 11 is 0. The van der Waals surface area contributed by atoms with Gasteiger partial charge in [-0.2, -0.15) is 0 Å². The van der Waals surface area contributed by atoms with E-state index in [1.807, 2.05) is 6.92 Å². The molecule has 20 heteroatoms. The topological polar surface area (TPSA) is 232 Å². The maximum absolute atomic E-state index is 13.1. The van der Waals surface area contributed by atoms with E-state index in [0.29, 0.717) is 162 Å². The molecule has 1 aromatic rings. The molecule has 0 fully saturated rings. The van der Waals surface area contributed by atoms with Crippen LogP contribution in [0, 0.1) is 0 Å². The van der Waals surface area contributed by atoms with E-state index < -0.39 is 10.0 Å². The van der Waals surface area contributed by atoms with Gasteiger partial charge >= 0.3 is 0 Å². The van der Waals surface area contributed by atoms with Crippen LogP contribution in [-0.4, -0.2) is 184 Å². The van der Waals surface area contributed by atoms with Gasteiger partial charge in [-0.05, 0) is 31.6 Å². The number of carbonyl (C=O) groups is 1. The number of nitrogens with one attached hydrogen (secondary N) is 1. The Balaban J connectivity index is 1.39. The second-order valence-electron chi connectivity index (χ2n) is 12.3. The van der Waals surface area contributed by atoms with Crippen LogP contribution in [0.1, 0.15) is 32.3 Å². The fourth-order valence-electron chi connectivity index (χ4n) is 4.91. The summed E-state index contributed by atoms with van der Waals surface area (Å²) in [5.74, 6) is -0.110. The highest BCUT2D eigenvalue weighted by atomic mass is 32.2. The molecule has 0 radical (unpaired) electrons. The molecule has 0 unspecified atom stereocenters. The third-order valence-corrected chi connectivity index (χ3v) is 9.10. The van der Waals surface area contributed by atoms with Gasteiger partial charge in [-0.1, -0.05) is 13.0 Å². The zero-order valence-electron chi connectivity index (χ0n) is 34.4. The van der Waals surface area contributed by atoms with Gasteiger partial charge in [0, 0.05) is 37.2 Å².